The van der Waals surface area contributed by atoms with Crippen molar-refractivity contribution in [3.8, 4) is 23.3 Å². The summed E-state index contributed by atoms with van der Waals surface area (Å²) in [6.07, 6.45) is 1.46. The summed E-state index contributed by atoms with van der Waals surface area (Å²) in [5, 5.41) is 15.1. The van der Waals surface area contributed by atoms with Gasteiger partial charge in [-0.3, -0.25) is 9.59 Å². The van der Waals surface area contributed by atoms with Crippen molar-refractivity contribution in [2.75, 3.05) is 30.5 Å². The number of anilines is 2. The summed E-state index contributed by atoms with van der Waals surface area (Å²) in [4.78, 5) is 25.1. The number of nitriles is 1. The van der Waals surface area contributed by atoms with Crippen LogP contribution < -0.4 is 24.8 Å². The SMILES string of the molecule is CCOc1ccc(NC(=O)/C(C#N)=C/c2ccc(OCC(=O)Nc3cccc(C)c3C)c(OCC)c2)cc1. The fourth-order valence-electron chi connectivity index (χ4n) is 3.53. The number of nitrogens with zero attached hydrogens (tertiary/aromatic N) is 1. The smallest absolute Gasteiger partial charge is 0.266 e. The zero-order chi connectivity index (χ0) is 27.5. The predicted molar refractivity (Wildman–Crippen MR) is 147 cm³/mol. The minimum absolute atomic E-state index is 0.0806. The van der Waals surface area contributed by atoms with Gasteiger partial charge in [0.1, 0.15) is 17.4 Å². The minimum atomic E-state index is -0.543. The van der Waals surface area contributed by atoms with Gasteiger partial charge < -0.3 is 24.8 Å². The Balaban J connectivity index is 1.69. The number of carbonyl (C=O) groups excluding carboxylic acids is 2. The van der Waals surface area contributed by atoms with Crippen molar-refractivity contribution in [1.82, 2.24) is 0 Å². The van der Waals surface area contributed by atoms with Gasteiger partial charge in [0.25, 0.3) is 11.8 Å². The van der Waals surface area contributed by atoms with Gasteiger partial charge in [0, 0.05) is 11.4 Å². The first-order valence-electron chi connectivity index (χ1n) is 12.3. The second kappa shape index (κ2) is 13.5. The van der Waals surface area contributed by atoms with Gasteiger partial charge in [-0.1, -0.05) is 18.2 Å². The van der Waals surface area contributed by atoms with Crippen LogP contribution in [-0.4, -0.2) is 31.6 Å². The van der Waals surface area contributed by atoms with Crippen LogP contribution in [0.2, 0.25) is 0 Å². The maximum Gasteiger partial charge on any atom is 0.266 e. The Bertz CT molecular complexity index is 1360. The third-order valence-corrected chi connectivity index (χ3v) is 5.60. The molecule has 3 aromatic rings. The van der Waals surface area contributed by atoms with Crippen molar-refractivity contribution in [1.29, 1.82) is 5.26 Å². The minimum Gasteiger partial charge on any atom is -0.494 e. The maximum absolute atomic E-state index is 12.7. The number of amides is 2. The molecule has 0 aliphatic heterocycles. The number of hydrogen-bond acceptors (Lipinski definition) is 6. The first-order chi connectivity index (χ1) is 18.3. The zero-order valence-electron chi connectivity index (χ0n) is 22.0. The molecule has 0 spiro atoms. The third-order valence-electron chi connectivity index (χ3n) is 5.60. The summed E-state index contributed by atoms with van der Waals surface area (Å²) >= 11 is 0. The van der Waals surface area contributed by atoms with E-state index in [-0.39, 0.29) is 18.1 Å². The molecular weight excluding hydrogens is 482 g/mol. The van der Waals surface area contributed by atoms with Crippen molar-refractivity contribution in [2.24, 2.45) is 0 Å². The first kappa shape index (κ1) is 27.8. The second-order valence-corrected chi connectivity index (χ2v) is 8.30. The van der Waals surface area contributed by atoms with Crippen molar-refractivity contribution in [3.63, 3.8) is 0 Å². The highest BCUT2D eigenvalue weighted by molar-refractivity contribution is 6.09. The zero-order valence-corrected chi connectivity index (χ0v) is 22.0. The van der Waals surface area contributed by atoms with Crippen molar-refractivity contribution < 1.29 is 23.8 Å². The summed E-state index contributed by atoms with van der Waals surface area (Å²) in [7, 11) is 0. The van der Waals surface area contributed by atoms with Crippen molar-refractivity contribution in [3.05, 3.63) is 82.9 Å². The molecule has 38 heavy (non-hydrogen) atoms. The maximum atomic E-state index is 12.7. The molecule has 3 rings (SSSR count). The molecule has 0 aliphatic carbocycles. The molecular formula is C30H31N3O5. The molecule has 196 valence electrons. The fourth-order valence-corrected chi connectivity index (χ4v) is 3.53. The van der Waals surface area contributed by atoms with Crippen LogP contribution in [0.4, 0.5) is 11.4 Å². The average molecular weight is 514 g/mol. The molecule has 0 heterocycles. The molecule has 0 saturated heterocycles. The molecule has 8 heteroatoms. The quantitative estimate of drug-likeness (QED) is 0.253. The lowest BCUT2D eigenvalue weighted by Gasteiger charge is -2.14. The van der Waals surface area contributed by atoms with Crippen LogP contribution in [0.3, 0.4) is 0 Å². The molecule has 3 aromatic carbocycles. The number of carbonyl (C=O) groups is 2. The van der Waals surface area contributed by atoms with Crippen molar-refractivity contribution >= 4 is 29.3 Å². The van der Waals surface area contributed by atoms with E-state index < -0.39 is 5.91 Å². The second-order valence-electron chi connectivity index (χ2n) is 8.30. The van der Waals surface area contributed by atoms with E-state index in [2.05, 4.69) is 10.6 Å². The molecule has 0 unspecified atom stereocenters. The monoisotopic (exact) mass is 513 g/mol. The topological polar surface area (TPSA) is 110 Å². The van der Waals surface area contributed by atoms with E-state index in [0.29, 0.717) is 41.7 Å². The van der Waals surface area contributed by atoms with Gasteiger partial charge in [0.15, 0.2) is 18.1 Å². The Hall–Kier alpha value is -4.77. The van der Waals surface area contributed by atoms with Gasteiger partial charge in [0.2, 0.25) is 0 Å². The Morgan fingerprint density at radius 3 is 2.32 bits per heavy atom. The summed E-state index contributed by atoms with van der Waals surface area (Å²) in [6.45, 7) is 8.33. The van der Waals surface area contributed by atoms with E-state index in [1.165, 1.54) is 6.08 Å². The number of rotatable bonds is 11. The lowest BCUT2D eigenvalue weighted by atomic mass is 10.1. The molecule has 0 bridgehead atoms. The van der Waals surface area contributed by atoms with Crippen LogP contribution in [0.25, 0.3) is 6.08 Å². The lowest BCUT2D eigenvalue weighted by Crippen LogP contribution is -2.21. The van der Waals surface area contributed by atoms with Gasteiger partial charge >= 0.3 is 0 Å². The van der Waals surface area contributed by atoms with Crippen LogP contribution in [0.15, 0.2) is 66.2 Å². The standard InChI is InChI=1S/C30H31N3O5/c1-5-36-25-13-11-24(12-14-25)32-30(35)23(18-31)16-22-10-15-27(28(17-22)37-6-2)38-19-29(34)33-26-9-7-8-20(3)21(26)4/h7-17H,5-6,19H2,1-4H3,(H,32,35)(H,33,34)/b23-16+. The molecule has 0 fully saturated rings. The van der Waals surface area contributed by atoms with E-state index in [4.69, 9.17) is 14.2 Å². The van der Waals surface area contributed by atoms with Gasteiger partial charge in [-0.2, -0.15) is 5.26 Å². The van der Waals surface area contributed by atoms with Crippen LogP contribution in [0.5, 0.6) is 17.2 Å². The molecule has 8 nitrogen and oxygen atoms in total. The van der Waals surface area contributed by atoms with Crippen molar-refractivity contribution in [2.45, 2.75) is 27.7 Å². The van der Waals surface area contributed by atoms with E-state index >= 15 is 0 Å². The summed E-state index contributed by atoms with van der Waals surface area (Å²) in [5.74, 6) is 0.610. The van der Waals surface area contributed by atoms with Crippen LogP contribution in [-0.2, 0) is 9.59 Å². The Labute approximate surface area is 222 Å². The number of ether oxygens (including phenoxy) is 3. The highest BCUT2D eigenvalue weighted by Crippen LogP contribution is 2.30. The average Bonchev–Trinajstić information content (AvgIpc) is 2.91. The predicted octanol–water partition coefficient (Wildman–Crippen LogP) is 5.66. The molecule has 0 saturated carbocycles. The molecule has 0 atom stereocenters. The fraction of sp³-hybridized carbons (Fsp3) is 0.233. The molecule has 0 aromatic heterocycles. The highest BCUT2D eigenvalue weighted by atomic mass is 16.5. The highest BCUT2D eigenvalue weighted by Gasteiger charge is 2.13. The van der Waals surface area contributed by atoms with Gasteiger partial charge in [0.05, 0.1) is 13.2 Å². The van der Waals surface area contributed by atoms with Crippen LogP contribution in [0.1, 0.15) is 30.5 Å². The number of nitrogens with one attached hydrogen (secondary N) is 2. The molecule has 0 radical (unpaired) electrons. The van der Waals surface area contributed by atoms with E-state index in [9.17, 15) is 14.9 Å². The molecule has 2 N–H and O–H groups in total. The first-order valence-corrected chi connectivity index (χ1v) is 12.3. The summed E-state index contributed by atoms with van der Waals surface area (Å²) in [6, 6.07) is 19.5. The summed E-state index contributed by atoms with van der Waals surface area (Å²) < 4.78 is 16.8. The largest absolute Gasteiger partial charge is 0.494 e. The Morgan fingerprint density at radius 1 is 0.895 bits per heavy atom. The van der Waals surface area contributed by atoms with E-state index in [1.807, 2.05) is 52.0 Å². The van der Waals surface area contributed by atoms with Gasteiger partial charge in [-0.25, -0.2) is 0 Å². The van der Waals surface area contributed by atoms with E-state index in [1.54, 1.807) is 42.5 Å². The number of hydrogen-bond donors (Lipinski definition) is 2. The third kappa shape index (κ3) is 7.61. The Kier molecular flexibility index (Phi) is 9.89. The summed E-state index contributed by atoms with van der Waals surface area (Å²) in [5.41, 5.74) is 3.83. The van der Waals surface area contributed by atoms with Gasteiger partial charge in [-0.15, -0.1) is 0 Å². The lowest BCUT2D eigenvalue weighted by molar-refractivity contribution is -0.118. The molecule has 0 aliphatic rings. The van der Waals surface area contributed by atoms with Crippen LogP contribution >= 0.6 is 0 Å². The van der Waals surface area contributed by atoms with Gasteiger partial charge in [-0.05, 0) is 92.9 Å². The van der Waals surface area contributed by atoms with E-state index in [0.717, 1.165) is 16.8 Å². The molecule has 2 amide bonds. The van der Waals surface area contributed by atoms with Crippen LogP contribution in [0, 0.1) is 25.2 Å². The Morgan fingerprint density at radius 2 is 1.63 bits per heavy atom. The number of benzene rings is 3. The number of aryl methyl sites for hydroxylation is 1. The normalized spacial score (nSPS) is 10.8.